The number of rotatable bonds is 3. The molecule has 0 bridgehead atoms. The molecule has 1 fully saturated rings. The SMILES string of the molecule is CC1CN(c2cncc(-c3cnc4cnc(C(F)(F)F)cn34)n2)C(C)C(c2cn[nH]c2)N1. The molecule has 1 aliphatic heterocycles. The Morgan fingerprint density at radius 1 is 1.06 bits per heavy atom. The highest BCUT2D eigenvalue weighted by molar-refractivity contribution is 5.61. The van der Waals surface area contributed by atoms with Gasteiger partial charge in [-0.05, 0) is 13.8 Å². The average molecular weight is 443 g/mol. The third-order valence-corrected chi connectivity index (χ3v) is 5.65. The van der Waals surface area contributed by atoms with Gasteiger partial charge in [-0.1, -0.05) is 0 Å². The highest BCUT2D eigenvalue weighted by atomic mass is 19.4. The van der Waals surface area contributed by atoms with Crippen molar-refractivity contribution < 1.29 is 13.2 Å². The van der Waals surface area contributed by atoms with E-state index in [0.29, 0.717) is 29.4 Å². The number of H-pyrrole nitrogens is 1. The van der Waals surface area contributed by atoms with Gasteiger partial charge >= 0.3 is 6.18 Å². The van der Waals surface area contributed by atoms with Gasteiger partial charge in [0.05, 0.1) is 42.7 Å². The van der Waals surface area contributed by atoms with Gasteiger partial charge in [0.2, 0.25) is 0 Å². The van der Waals surface area contributed by atoms with Crippen LogP contribution in [0.1, 0.15) is 31.1 Å². The Bertz CT molecular complexity index is 1230. The Morgan fingerprint density at radius 3 is 2.66 bits per heavy atom. The molecule has 166 valence electrons. The van der Waals surface area contributed by atoms with Crippen LogP contribution >= 0.6 is 0 Å². The number of alkyl halides is 3. The highest BCUT2D eigenvalue weighted by Gasteiger charge is 2.34. The Balaban J connectivity index is 1.52. The second-order valence-corrected chi connectivity index (χ2v) is 7.87. The van der Waals surface area contributed by atoms with Crippen molar-refractivity contribution in [2.24, 2.45) is 0 Å². The molecule has 0 amide bonds. The van der Waals surface area contributed by atoms with E-state index in [-0.39, 0.29) is 18.1 Å². The van der Waals surface area contributed by atoms with E-state index in [4.69, 9.17) is 4.98 Å². The molecule has 3 unspecified atom stereocenters. The van der Waals surface area contributed by atoms with Gasteiger partial charge in [-0.25, -0.2) is 15.0 Å². The lowest BCUT2D eigenvalue weighted by atomic mass is 9.97. The number of nitrogens with one attached hydrogen (secondary N) is 2. The van der Waals surface area contributed by atoms with Gasteiger partial charge in [0.15, 0.2) is 11.3 Å². The first-order chi connectivity index (χ1) is 15.3. The van der Waals surface area contributed by atoms with E-state index < -0.39 is 11.9 Å². The summed E-state index contributed by atoms with van der Waals surface area (Å²) in [5.74, 6) is 0.636. The molecule has 0 saturated carbocycles. The van der Waals surface area contributed by atoms with E-state index in [1.807, 2.05) is 6.20 Å². The second kappa shape index (κ2) is 7.55. The molecule has 4 aromatic heterocycles. The number of nitrogens with zero attached hydrogens (tertiary/aromatic N) is 7. The van der Waals surface area contributed by atoms with Crippen molar-refractivity contribution >= 4 is 11.5 Å². The number of imidazole rings is 1. The number of anilines is 1. The topological polar surface area (TPSA) is 99.9 Å². The number of hydrogen-bond donors (Lipinski definition) is 2. The minimum absolute atomic E-state index is 0.0270. The summed E-state index contributed by atoms with van der Waals surface area (Å²) < 4.78 is 40.8. The molecule has 2 N–H and O–H groups in total. The molecule has 0 spiro atoms. The molecule has 0 aliphatic carbocycles. The van der Waals surface area contributed by atoms with Crippen molar-refractivity contribution in [3.05, 3.63) is 54.6 Å². The predicted molar refractivity (Wildman–Crippen MR) is 110 cm³/mol. The Hall–Kier alpha value is -3.54. The molecular formula is C20H20F3N9. The monoisotopic (exact) mass is 443 g/mol. The molecule has 12 heteroatoms. The first-order valence-corrected chi connectivity index (χ1v) is 10.1. The highest BCUT2D eigenvalue weighted by Crippen LogP contribution is 2.31. The van der Waals surface area contributed by atoms with Gasteiger partial charge in [-0.15, -0.1) is 0 Å². The maximum Gasteiger partial charge on any atom is 0.434 e. The summed E-state index contributed by atoms with van der Waals surface area (Å²) in [6.45, 7) is 4.86. The van der Waals surface area contributed by atoms with Crippen molar-refractivity contribution in [3.63, 3.8) is 0 Å². The van der Waals surface area contributed by atoms with Gasteiger partial charge in [0.25, 0.3) is 0 Å². The summed E-state index contributed by atoms with van der Waals surface area (Å²) >= 11 is 0. The molecule has 5 rings (SSSR count). The van der Waals surface area contributed by atoms with Crippen molar-refractivity contribution in [1.82, 2.24) is 39.9 Å². The minimum atomic E-state index is -4.56. The van der Waals surface area contributed by atoms with Crippen LogP contribution in [0, 0.1) is 0 Å². The average Bonchev–Trinajstić information content (AvgIpc) is 3.44. The number of halogens is 3. The van der Waals surface area contributed by atoms with Gasteiger partial charge in [-0.3, -0.25) is 14.5 Å². The second-order valence-electron chi connectivity index (χ2n) is 7.87. The maximum atomic E-state index is 13.2. The zero-order chi connectivity index (χ0) is 22.5. The van der Waals surface area contributed by atoms with E-state index in [1.165, 1.54) is 16.8 Å². The van der Waals surface area contributed by atoms with Crippen LogP contribution in [0.4, 0.5) is 19.0 Å². The lowest BCUT2D eigenvalue weighted by Crippen LogP contribution is -2.56. The van der Waals surface area contributed by atoms with Crippen LogP contribution in [-0.4, -0.2) is 53.2 Å². The molecule has 1 aliphatic rings. The minimum Gasteiger partial charge on any atom is -0.349 e. The predicted octanol–water partition coefficient (Wildman–Crippen LogP) is 2.86. The quantitative estimate of drug-likeness (QED) is 0.502. The summed E-state index contributed by atoms with van der Waals surface area (Å²) in [5, 5.41) is 10.5. The first kappa shape index (κ1) is 20.4. The van der Waals surface area contributed by atoms with Crippen molar-refractivity contribution in [1.29, 1.82) is 0 Å². The molecule has 32 heavy (non-hydrogen) atoms. The maximum absolute atomic E-state index is 13.2. The lowest BCUT2D eigenvalue weighted by Gasteiger charge is -2.43. The smallest absolute Gasteiger partial charge is 0.349 e. The number of aromatic nitrogens is 7. The van der Waals surface area contributed by atoms with Crippen LogP contribution in [0.15, 0.2) is 43.4 Å². The van der Waals surface area contributed by atoms with Crippen molar-refractivity contribution in [2.45, 2.75) is 38.1 Å². The van der Waals surface area contributed by atoms with Crippen LogP contribution < -0.4 is 10.2 Å². The first-order valence-electron chi connectivity index (χ1n) is 10.1. The fraction of sp³-hybridized carbons (Fsp3) is 0.350. The number of aromatic amines is 1. The van der Waals surface area contributed by atoms with E-state index in [1.54, 1.807) is 12.4 Å². The number of hydrogen-bond acceptors (Lipinski definition) is 7. The molecule has 0 aromatic carbocycles. The van der Waals surface area contributed by atoms with Crippen molar-refractivity contribution in [3.8, 4) is 11.4 Å². The van der Waals surface area contributed by atoms with Crippen LogP contribution in [0.5, 0.6) is 0 Å². The van der Waals surface area contributed by atoms with Gasteiger partial charge in [-0.2, -0.15) is 18.3 Å². The van der Waals surface area contributed by atoms with Gasteiger partial charge in [0, 0.05) is 36.6 Å². The summed E-state index contributed by atoms with van der Waals surface area (Å²) in [5.41, 5.74) is 1.16. The van der Waals surface area contributed by atoms with Crippen LogP contribution in [0.25, 0.3) is 17.0 Å². The summed E-state index contributed by atoms with van der Waals surface area (Å²) in [6.07, 6.45) is 5.77. The van der Waals surface area contributed by atoms with Gasteiger partial charge in [0.1, 0.15) is 11.5 Å². The summed E-state index contributed by atoms with van der Waals surface area (Å²) in [7, 11) is 0. The van der Waals surface area contributed by atoms with Gasteiger partial charge < -0.3 is 10.2 Å². The molecule has 4 aromatic rings. The molecule has 0 radical (unpaired) electrons. The van der Waals surface area contributed by atoms with Crippen LogP contribution in [0.3, 0.4) is 0 Å². The zero-order valence-corrected chi connectivity index (χ0v) is 17.2. The lowest BCUT2D eigenvalue weighted by molar-refractivity contribution is -0.141. The van der Waals surface area contributed by atoms with E-state index in [2.05, 4.69) is 49.2 Å². The third kappa shape index (κ3) is 3.55. The van der Waals surface area contributed by atoms with Crippen LogP contribution in [-0.2, 0) is 6.18 Å². The normalized spacial score (nSPS) is 21.9. The zero-order valence-electron chi connectivity index (χ0n) is 17.2. The van der Waals surface area contributed by atoms with E-state index in [9.17, 15) is 13.2 Å². The largest absolute Gasteiger partial charge is 0.434 e. The Kier molecular flexibility index (Phi) is 4.81. The van der Waals surface area contributed by atoms with Crippen LogP contribution in [0.2, 0.25) is 0 Å². The molecule has 1 saturated heterocycles. The Labute approximate surface area is 180 Å². The number of fused-ring (bicyclic) bond motifs is 1. The molecule has 9 nitrogen and oxygen atoms in total. The molecule has 5 heterocycles. The summed E-state index contributed by atoms with van der Waals surface area (Å²) in [6, 6.07) is 0.239. The standard InChI is InChI=1S/C20H20F3N9/c1-11-9-31(12(2)19(29-11)13-3-27-28-4-13)18-7-24-5-14(30-18)15-6-26-17-8-25-16(10-32(15)17)20(21,22)23/h3-8,10-12,19,29H,9H2,1-2H3,(H,27,28). The number of piperazine rings is 1. The fourth-order valence-corrected chi connectivity index (χ4v) is 4.09. The van der Waals surface area contributed by atoms with E-state index in [0.717, 1.165) is 18.0 Å². The van der Waals surface area contributed by atoms with Crippen molar-refractivity contribution in [2.75, 3.05) is 11.4 Å². The summed E-state index contributed by atoms with van der Waals surface area (Å²) in [4.78, 5) is 18.8. The fourth-order valence-electron chi connectivity index (χ4n) is 4.09. The Morgan fingerprint density at radius 2 is 1.91 bits per heavy atom. The molecule has 3 atom stereocenters. The molecular weight excluding hydrogens is 423 g/mol. The van der Waals surface area contributed by atoms with E-state index >= 15 is 0 Å². The third-order valence-electron chi connectivity index (χ3n) is 5.65.